The van der Waals surface area contributed by atoms with E-state index in [1.165, 1.54) is 30.5 Å². The summed E-state index contributed by atoms with van der Waals surface area (Å²) >= 11 is 0. The van der Waals surface area contributed by atoms with Gasteiger partial charge in [0.15, 0.2) is 0 Å². The van der Waals surface area contributed by atoms with Gasteiger partial charge in [-0.2, -0.15) is 0 Å². The normalized spacial score (nSPS) is 30.6. The monoisotopic (exact) mass is 385 g/mol. The van der Waals surface area contributed by atoms with Gasteiger partial charge in [0.2, 0.25) is 5.91 Å². The number of carbonyl (C=O) groups excluding carboxylic acids is 1. The number of fused-ring (bicyclic) bond motifs is 2. The minimum atomic E-state index is 0. The highest BCUT2D eigenvalue weighted by Crippen LogP contribution is 2.48. The van der Waals surface area contributed by atoms with Gasteiger partial charge >= 0.3 is 0 Å². The van der Waals surface area contributed by atoms with E-state index >= 15 is 0 Å². The van der Waals surface area contributed by atoms with E-state index in [0.717, 1.165) is 26.2 Å². The Morgan fingerprint density at radius 1 is 1.08 bits per heavy atom. The Hall–Kier alpha value is -0.970. The number of carbonyl (C=O) groups is 1. The van der Waals surface area contributed by atoms with Crippen LogP contribution in [0.3, 0.4) is 0 Å². The van der Waals surface area contributed by atoms with Gasteiger partial charge in [-0.15, -0.1) is 24.8 Å². The number of anilines is 1. The van der Waals surface area contributed by atoms with Crippen LogP contribution in [0.2, 0.25) is 0 Å². The molecule has 3 fully saturated rings. The van der Waals surface area contributed by atoms with Gasteiger partial charge in [0, 0.05) is 37.9 Å². The van der Waals surface area contributed by atoms with Crippen LogP contribution in [0.25, 0.3) is 0 Å². The van der Waals surface area contributed by atoms with Crippen LogP contribution < -0.4 is 10.6 Å². The molecular formula is C19H29Cl2N3O. The second-order valence-electron chi connectivity index (χ2n) is 7.59. The molecule has 1 saturated heterocycles. The molecule has 2 N–H and O–H groups in total. The summed E-state index contributed by atoms with van der Waals surface area (Å²) in [5, 5.41) is 0. The third-order valence-corrected chi connectivity index (χ3v) is 6.22. The maximum Gasteiger partial charge on any atom is 0.227 e. The Balaban J connectivity index is 0.00000113. The van der Waals surface area contributed by atoms with E-state index < -0.39 is 0 Å². The van der Waals surface area contributed by atoms with E-state index in [0.29, 0.717) is 17.7 Å². The minimum absolute atomic E-state index is 0. The summed E-state index contributed by atoms with van der Waals surface area (Å²) in [6.45, 7) is 5.62. The van der Waals surface area contributed by atoms with Gasteiger partial charge in [-0.1, -0.05) is 12.1 Å². The van der Waals surface area contributed by atoms with Gasteiger partial charge in [0.25, 0.3) is 0 Å². The second-order valence-corrected chi connectivity index (χ2v) is 7.59. The molecule has 4 nitrogen and oxygen atoms in total. The SMILES string of the molecule is Cc1cccc(N2CCN(C(=O)C3C4CCC(C4)C3N)CC2)c1.Cl.Cl. The molecule has 0 spiro atoms. The van der Waals surface area contributed by atoms with Gasteiger partial charge in [-0.25, -0.2) is 0 Å². The van der Waals surface area contributed by atoms with Crippen molar-refractivity contribution in [2.45, 2.75) is 32.2 Å². The van der Waals surface area contributed by atoms with E-state index in [1.807, 2.05) is 0 Å². The summed E-state index contributed by atoms with van der Waals surface area (Å²) in [5.41, 5.74) is 8.91. The van der Waals surface area contributed by atoms with Crippen LogP contribution >= 0.6 is 24.8 Å². The number of hydrogen-bond acceptors (Lipinski definition) is 3. The predicted octanol–water partition coefficient (Wildman–Crippen LogP) is 2.86. The molecule has 4 rings (SSSR count). The molecule has 1 heterocycles. The first-order valence-electron chi connectivity index (χ1n) is 8.99. The van der Waals surface area contributed by atoms with Crippen molar-refractivity contribution in [1.82, 2.24) is 4.90 Å². The minimum Gasteiger partial charge on any atom is -0.368 e. The smallest absolute Gasteiger partial charge is 0.227 e. The quantitative estimate of drug-likeness (QED) is 0.851. The first-order chi connectivity index (χ1) is 11.1. The molecule has 2 saturated carbocycles. The third kappa shape index (κ3) is 3.76. The maximum atomic E-state index is 12.9. The molecule has 0 radical (unpaired) electrons. The van der Waals surface area contributed by atoms with Crippen LogP contribution in [0, 0.1) is 24.7 Å². The highest BCUT2D eigenvalue weighted by Gasteiger charge is 2.50. The first kappa shape index (κ1) is 20.3. The fraction of sp³-hybridized carbons (Fsp3) is 0.632. The molecule has 1 aliphatic heterocycles. The van der Waals surface area contributed by atoms with Crippen LogP contribution in [-0.2, 0) is 4.79 Å². The van der Waals surface area contributed by atoms with E-state index in [2.05, 4.69) is 41.0 Å². The molecule has 3 aliphatic rings. The van der Waals surface area contributed by atoms with E-state index in [-0.39, 0.29) is 36.8 Å². The van der Waals surface area contributed by atoms with Crippen molar-refractivity contribution < 1.29 is 4.79 Å². The molecule has 1 aromatic carbocycles. The number of benzene rings is 1. The lowest BCUT2D eigenvalue weighted by Gasteiger charge is -2.39. The lowest BCUT2D eigenvalue weighted by molar-refractivity contribution is -0.138. The third-order valence-electron chi connectivity index (χ3n) is 6.22. The van der Waals surface area contributed by atoms with Crippen LogP contribution in [-0.4, -0.2) is 43.0 Å². The zero-order valence-corrected chi connectivity index (χ0v) is 16.4. The average Bonchev–Trinajstić information content (AvgIpc) is 3.15. The fourth-order valence-electron chi connectivity index (χ4n) is 4.92. The molecular weight excluding hydrogens is 357 g/mol. The molecule has 2 bridgehead atoms. The highest BCUT2D eigenvalue weighted by atomic mass is 35.5. The Bertz CT molecular complexity index is 602. The molecule has 25 heavy (non-hydrogen) atoms. The van der Waals surface area contributed by atoms with Crippen molar-refractivity contribution in [2.75, 3.05) is 31.1 Å². The van der Waals surface area contributed by atoms with Crippen molar-refractivity contribution in [2.24, 2.45) is 23.5 Å². The van der Waals surface area contributed by atoms with E-state index in [1.54, 1.807) is 0 Å². The lowest BCUT2D eigenvalue weighted by Crippen LogP contribution is -2.54. The number of halogens is 2. The highest BCUT2D eigenvalue weighted by molar-refractivity contribution is 5.85. The number of rotatable bonds is 2. The lowest BCUT2D eigenvalue weighted by atomic mass is 9.84. The first-order valence-corrected chi connectivity index (χ1v) is 8.99. The summed E-state index contributed by atoms with van der Waals surface area (Å²) in [7, 11) is 0. The van der Waals surface area contributed by atoms with E-state index in [4.69, 9.17) is 5.73 Å². The second kappa shape index (κ2) is 8.15. The Labute approximate surface area is 162 Å². The molecule has 1 amide bonds. The molecule has 140 valence electrons. The molecule has 2 aliphatic carbocycles. The number of hydrogen-bond donors (Lipinski definition) is 1. The van der Waals surface area contributed by atoms with E-state index in [9.17, 15) is 4.79 Å². The summed E-state index contributed by atoms with van der Waals surface area (Å²) in [6, 6.07) is 8.73. The molecule has 0 aromatic heterocycles. The largest absolute Gasteiger partial charge is 0.368 e. The number of nitrogens with zero attached hydrogens (tertiary/aromatic N) is 2. The Morgan fingerprint density at radius 3 is 2.36 bits per heavy atom. The molecule has 4 unspecified atom stereocenters. The molecule has 1 aromatic rings. The number of piperazine rings is 1. The van der Waals surface area contributed by atoms with Crippen molar-refractivity contribution in [3.63, 3.8) is 0 Å². The topological polar surface area (TPSA) is 49.6 Å². The number of aryl methyl sites for hydroxylation is 1. The fourth-order valence-corrected chi connectivity index (χ4v) is 4.92. The van der Waals surface area contributed by atoms with Crippen molar-refractivity contribution in [3.8, 4) is 0 Å². The van der Waals surface area contributed by atoms with Crippen molar-refractivity contribution >= 4 is 36.4 Å². The van der Waals surface area contributed by atoms with Crippen molar-refractivity contribution in [1.29, 1.82) is 0 Å². The zero-order valence-electron chi connectivity index (χ0n) is 14.8. The standard InChI is InChI=1S/C19H27N3O.2ClH/c1-13-3-2-4-16(11-13)21-7-9-22(10-8-21)19(23)17-14-5-6-15(12-14)18(17)20;;/h2-4,11,14-15,17-18H,5-10,12,20H2,1H3;2*1H. The molecule has 6 heteroatoms. The summed E-state index contributed by atoms with van der Waals surface area (Å²) in [6.07, 6.45) is 3.62. The Morgan fingerprint density at radius 2 is 1.76 bits per heavy atom. The maximum absolute atomic E-state index is 12.9. The summed E-state index contributed by atoms with van der Waals surface area (Å²) in [5.74, 6) is 1.58. The van der Waals surface area contributed by atoms with Crippen LogP contribution in [0.5, 0.6) is 0 Å². The zero-order chi connectivity index (χ0) is 16.0. The predicted molar refractivity (Wildman–Crippen MR) is 107 cm³/mol. The average molecular weight is 386 g/mol. The van der Waals surface area contributed by atoms with Gasteiger partial charge < -0.3 is 15.5 Å². The van der Waals surface area contributed by atoms with Gasteiger partial charge in [0.05, 0.1) is 5.92 Å². The van der Waals surface area contributed by atoms with Crippen LogP contribution in [0.15, 0.2) is 24.3 Å². The van der Waals surface area contributed by atoms with Gasteiger partial charge in [0.1, 0.15) is 0 Å². The number of nitrogens with two attached hydrogens (primary N) is 1. The summed E-state index contributed by atoms with van der Waals surface area (Å²) < 4.78 is 0. The summed E-state index contributed by atoms with van der Waals surface area (Å²) in [4.78, 5) is 17.4. The van der Waals surface area contributed by atoms with Crippen LogP contribution in [0.4, 0.5) is 5.69 Å². The molecule has 4 atom stereocenters. The Kier molecular flexibility index (Phi) is 6.63. The van der Waals surface area contributed by atoms with Crippen molar-refractivity contribution in [3.05, 3.63) is 29.8 Å². The van der Waals surface area contributed by atoms with Crippen LogP contribution in [0.1, 0.15) is 24.8 Å². The van der Waals surface area contributed by atoms with Gasteiger partial charge in [-0.05, 0) is 55.7 Å². The van der Waals surface area contributed by atoms with Gasteiger partial charge in [-0.3, -0.25) is 4.79 Å². The number of amides is 1.